The average Bonchev–Trinajstić information content (AvgIpc) is 2.12. The van der Waals surface area contributed by atoms with Crippen molar-refractivity contribution in [2.75, 3.05) is 0 Å². The first-order chi connectivity index (χ1) is 5.54. The van der Waals surface area contributed by atoms with E-state index in [1.165, 1.54) is 12.8 Å². The first kappa shape index (κ1) is 12.0. The zero-order valence-electron chi connectivity index (χ0n) is 9.72. The average molecular weight is 170 g/mol. The topological polar surface area (TPSA) is 0 Å². The van der Waals surface area contributed by atoms with Gasteiger partial charge in [-0.3, -0.25) is 0 Å². The van der Waals surface area contributed by atoms with E-state index in [-0.39, 0.29) is 0 Å². The van der Waals surface area contributed by atoms with Crippen molar-refractivity contribution in [3.05, 3.63) is 0 Å². The van der Waals surface area contributed by atoms with Crippen LogP contribution in [0.5, 0.6) is 0 Å². The van der Waals surface area contributed by atoms with Gasteiger partial charge in [0.05, 0.1) is 0 Å². The molecule has 0 aromatic carbocycles. The summed E-state index contributed by atoms with van der Waals surface area (Å²) in [6.07, 6.45) is 2.64. The summed E-state index contributed by atoms with van der Waals surface area (Å²) in [5, 5.41) is 0. The summed E-state index contributed by atoms with van der Waals surface area (Å²) in [6, 6.07) is 0. The standard InChI is InChI=1S/C12H26/c1-7-9(3)11(5)12(6)10(4)8-2/h9-12H,7-8H2,1-6H3. The molecule has 74 valence electrons. The van der Waals surface area contributed by atoms with Crippen LogP contribution in [0.4, 0.5) is 0 Å². The fraction of sp³-hybridized carbons (Fsp3) is 1.00. The van der Waals surface area contributed by atoms with E-state index in [4.69, 9.17) is 0 Å². The second-order valence-corrected chi connectivity index (χ2v) is 4.49. The fourth-order valence-corrected chi connectivity index (χ4v) is 1.78. The summed E-state index contributed by atoms with van der Waals surface area (Å²) in [6.45, 7) is 14.2. The Balaban J connectivity index is 3.99. The molecular weight excluding hydrogens is 144 g/mol. The van der Waals surface area contributed by atoms with Crippen molar-refractivity contribution >= 4 is 0 Å². The van der Waals surface area contributed by atoms with Crippen LogP contribution >= 0.6 is 0 Å². The fourth-order valence-electron chi connectivity index (χ4n) is 1.78. The zero-order valence-corrected chi connectivity index (χ0v) is 9.72. The van der Waals surface area contributed by atoms with Gasteiger partial charge in [-0.1, -0.05) is 54.4 Å². The molecule has 0 saturated carbocycles. The molecule has 0 fully saturated rings. The van der Waals surface area contributed by atoms with Crippen molar-refractivity contribution in [3.8, 4) is 0 Å². The largest absolute Gasteiger partial charge is 0.0651 e. The molecule has 0 aliphatic rings. The van der Waals surface area contributed by atoms with E-state index in [2.05, 4.69) is 41.5 Å². The van der Waals surface area contributed by atoms with Gasteiger partial charge in [-0.2, -0.15) is 0 Å². The highest BCUT2D eigenvalue weighted by molar-refractivity contribution is 4.70. The molecule has 0 radical (unpaired) electrons. The lowest BCUT2D eigenvalue weighted by Gasteiger charge is -2.29. The first-order valence-electron chi connectivity index (χ1n) is 5.54. The van der Waals surface area contributed by atoms with E-state index in [1.54, 1.807) is 0 Å². The van der Waals surface area contributed by atoms with Gasteiger partial charge < -0.3 is 0 Å². The minimum absolute atomic E-state index is 0.880. The van der Waals surface area contributed by atoms with E-state index in [1.807, 2.05) is 0 Å². The van der Waals surface area contributed by atoms with Crippen LogP contribution in [0, 0.1) is 23.7 Å². The lowest BCUT2D eigenvalue weighted by Crippen LogP contribution is -2.21. The maximum atomic E-state index is 2.41. The smallest absolute Gasteiger partial charge is 0.0389 e. The van der Waals surface area contributed by atoms with Gasteiger partial charge in [0.2, 0.25) is 0 Å². The van der Waals surface area contributed by atoms with Gasteiger partial charge in [0.25, 0.3) is 0 Å². The Morgan fingerprint density at radius 3 is 1.08 bits per heavy atom. The van der Waals surface area contributed by atoms with E-state index in [9.17, 15) is 0 Å². The van der Waals surface area contributed by atoms with Crippen molar-refractivity contribution in [1.82, 2.24) is 0 Å². The molecule has 0 saturated heterocycles. The molecule has 4 unspecified atom stereocenters. The van der Waals surface area contributed by atoms with Crippen molar-refractivity contribution in [2.45, 2.75) is 54.4 Å². The van der Waals surface area contributed by atoms with Crippen molar-refractivity contribution in [3.63, 3.8) is 0 Å². The summed E-state index contributed by atoms with van der Waals surface area (Å²) < 4.78 is 0. The maximum absolute atomic E-state index is 2.41. The molecule has 0 aromatic heterocycles. The number of hydrogen-bond donors (Lipinski definition) is 0. The summed E-state index contributed by atoms with van der Waals surface area (Å²) >= 11 is 0. The first-order valence-corrected chi connectivity index (χ1v) is 5.54. The van der Waals surface area contributed by atoms with E-state index >= 15 is 0 Å². The third-order valence-electron chi connectivity index (χ3n) is 3.91. The van der Waals surface area contributed by atoms with Crippen LogP contribution in [0.15, 0.2) is 0 Å². The Morgan fingerprint density at radius 1 is 0.667 bits per heavy atom. The van der Waals surface area contributed by atoms with E-state index < -0.39 is 0 Å². The molecule has 0 aromatic rings. The predicted octanol–water partition coefficient (Wildman–Crippen LogP) is 4.35. The van der Waals surface area contributed by atoms with E-state index in [0.29, 0.717) is 0 Å². The highest BCUT2D eigenvalue weighted by atomic mass is 14.3. The normalized spacial score (nSPS) is 21.5. The Kier molecular flexibility index (Phi) is 5.61. The van der Waals surface area contributed by atoms with Crippen molar-refractivity contribution in [2.24, 2.45) is 23.7 Å². The molecule has 0 spiro atoms. The quantitative estimate of drug-likeness (QED) is 0.575. The predicted molar refractivity (Wildman–Crippen MR) is 57.2 cm³/mol. The van der Waals surface area contributed by atoms with Crippen LogP contribution in [-0.4, -0.2) is 0 Å². The summed E-state index contributed by atoms with van der Waals surface area (Å²) in [5.74, 6) is 3.53. The molecule has 0 rings (SSSR count). The summed E-state index contributed by atoms with van der Waals surface area (Å²) in [7, 11) is 0. The molecule has 0 aliphatic heterocycles. The minimum atomic E-state index is 0.880. The molecule has 0 nitrogen and oxygen atoms in total. The van der Waals surface area contributed by atoms with Gasteiger partial charge in [-0.05, 0) is 23.7 Å². The second-order valence-electron chi connectivity index (χ2n) is 4.49. The third-order valence-corrected chi connectivity index (χ3v) is 3.91. The van der Waals surface area contributed by atoms with Crippen LogP contribution in [-0.2, 0) is 0 Å². The monoisotopic (exact) mass is 170 g/mol. The molecule has 0 amide bonds. The van der Waals surface area contributed by atoms with E-state index in [0.717, 1.165) is 23.7 Å². The molecular formula is C12H26. The Labute approximate surface area is 78.8 Å². The third kappa shape index (κ3) is 3.16. The molecule has 0 aliphatic carbocycles. The molecule has 0 heteroatoms. The van der Waals surface area contributed by atoms with Crippen LogP contribution < -0.4 is 0 Å². The van der Waals surface area contributed by atoms with Gasteiger partial charge in [0, 0.05) is 0 Å². The minimum Gasteiger partial charge on any atom is -0.0651 e. The lowest BCUT2D eigenvalue weighted by molar-refractivity contribution is 0.205. The van der Waals surface area contributed by atoms with Gasteiger partial charge >= 0.3 is 0 Å². The molecule has 4 atom stereocenters. The molecule has 0 N–H and O–H groups in total. The van der Waals surface area contributed by atoms with Crippen LogP contribution in [0.1, 0.15) is 54.4 Å². The van der Waals surface area contributed by atoms with Crippen LogP contribution in [0.3, 0.4) is 0 Å². The Hall–Kier alpha value is 0. The van der Waals surface area contributed by atoms with Gasteiger partial charge in [0.15, 0.2) is 0 Å². The maximum Gasteiger partial charge on any atom is -0.0389 e. The van der Waals surface area contributed by atoms with Gasteiger partial charge in [-0.15, -0.1) is 0 Å². The van der Waals surface area contributed by atoms with Crippen LogP contribution in [0.25, 0.3) is 0 Å². The Bertz CT molecular complexity index is 92.6. The highest BCUT2D eigenvalue weighted by Gasteiger charge is 2.21. The number of hydrogen-bond acceptors (Lipinski definition) is 0. The van der Waals surface area contributed by atoms with Crippen molar-refractivity contribution < 1.29 is 0 Å². The van der Waals surface area contributed by atoms with Gasteiger partial charge in [0.1, 0.15) is 0 Å². The summed E-state index contributed by atoms with van der Waals surface area (Å²) in [4.78, 5) is 0. The van der Waals surface area contributed by atoms with Gasteiger partial charge in [-0.25, -0.2) is 0 Å². The zero-order chi connectivity index (χ0) is 9.72. The number of rotatable bonds is 5. The molecule has 0 bridgehead atoms. The van der Waals surface area contributed by atoms with Crippen LogP contribution in [0.2, 0.25) is 0 Å². The lowest BCUT2D eigenvalue weighted by atomic mass is 9.77. The second kappa shape index (κ2) is 5.61. The molecule has 12 heavy (non-hydrogen) atoms. The molecule has 0 heterocycles. The highest BCUT2D eigenvalue weighted by Crippen LogP contribution is 2.29. The van der Waals surface area contributed by atoms with Crippen molar-refractivity contribution in [1.29, 1.82) is 0 Å². The SMILES string of the molecule is CCC(C)C(C)C(C)C(C)CC. The summed E-state index contributed by atoms with van der Waals surface area (Å²) in [5.41, 5.74) is 0. The Morgan fingerprint density at radius 2 is 0.917 bits per heavy atom.